The van der Waals surface area contributed by atoms with Crippen LogP contribution in [0.3, 0.4) is 0 Å². The van der Waals surface area contributed by atoms with Crippen molar-refractivity contribution in [1.82, 2.24) is 5.32 Å². The van der Waals surface area contributed by atoms with Crippen LogP contribution < -0.4 is 5.32 Å². The Morgan fingerprint density at radius 1 is 1.29 bits per heavy atom. The third kappa shape index (κ3) is 4.97. The standard InChI is InChI=1S/C17H15BrClNO4/c1-10(11-3-2-4-13(19)7-11)20-16(22)9-24-17(23)14-8-12(18)5-6-15(14)21/h2-8,10,21H,9H2,1H3,(H,20,22)/t10-/m0/s1. The van der Waals surface area contributed by atoms with Gasteiger partial charge in [-0.1, -0.05) is 39.7 Å². The lowest BCUT2D eigenvalue weighted by atomic mass is 10.1. The van der Waals surface area contributed by atoms with Crippen molar-refractivity contribution in [3.8, 4) is 5.75 Å². The SMILES string of the molecule is C[C@H](NC(=O)COC(=O)c1cc(Br)ccc1O)c1cccc(Cl)c1. The number of carbonyl (C=O) groups excluding carboxylic acids is 2. The average molecular weight is 413 g/mol. The molecule has 0 aliphatic carbocycles. The average Bonchev–Trinajstić information content (AvgIpc) is 2.54. The van der Waals surface area contributed by atoms with Crippen LogP contribution in [0.25, 0.3) is 0 Å². The summed E-state index contributed by atoms with van der Waals surface area (Å²) in [6.45, 7) is 1.35. The van der Waals surface area contributed by atoms with E-state index in [4.69, 9.17) is 16.3 Å². The number of carbonyl (C=O) groups is 2. The van der Waals surface area contributed by atoms with Crippen LogP contribution in [0.5, 0.6) is 5.75 Å². The highest BCUT2D eigenvalue weighted by Crippen LogP contribution is 2.22. The monoisotopic (exact) mass is 411 g/mol. The van der Waals surface area contributed by atoms with Gasteiger partial charge in [0.25, 0.3) is 5.91 Å². The molecule has 0 bridgehead atoms. The second kappa shape index (κ2) is 8.17. The van der Waals surface area contributed by atoms with Gasteiger partial charge in [0.1, 0.15) is 11.3 Å². The zero-order valence-corrected chi connectivity index (χ0v) is 15.1. The number of hydrogen-bond acceptors (Lipinski definition) is 4. The molecule has 5 nitrogen and oxygen atoms in total. The van der Waals surface area contributed by atoms with Gasteiger partial charge in [-0.2, -0.15) is 0 Å². The van der Waals surface area contributed by atoms with Crippen molar-refractivity contribution in [1.29, 1.82) is 0 Å². The molecule has 7 heteroatoms. The molecule has 0 aliphatic heterocycles. The summed E-state index contributed by atoms with van der Waals surface area (Å²) in [7, 11) is 0. The van der Waals surface area contributed by atoms with E-state index < -0.39 is 18.5 Å². The highest BCUT2D eigenvalue weighted by atomic mass is 79.9. The molecule has 0 radical (unpaired) electrons. The summed E-state index contributed by atoms with van der Waals surface area (Å²) >= 11 is 9.11. The number of halogens is 2. The molecule has 1 amide bonds. The molecule has 0 unspecified atom stereocenters. The molecule has 126 valence electrons. The largest absolute Gasteiger partial charge is 0.507 e. The molecule has 0 spiro atoms. The van der Waals surface area contributed by atoms with Crippen molar-refractivity contribution in [2.75, 3.05) is 6.61 Å². The number of ether oxygens (including phenoxy) is 1. The number of hydrogen-bond donors (Lipinski definition) is 2. The fourth-order valence-electron chi connectivity index (χ4n) is 2.02. The summed E-state index contributed by atoms with van der Waals surface area (Å²) in [5.74, 6) is -1.44. The van der Waals surface area contributed by atoms with Crippen molar-refractivity contribution < 1.29 is 19.4 Å². The zero-order chi connectivity index (χ0) is 17.7. The first-order valence-electron chi connectivity index (χ1n) is 7.07. The van der Waals surface area contributed by atoms with Crippen LogP contribution in [0.4, 0.5) is 0 Å². The first kappa shape index (κ1) is 18.3. The molecule has 2 aromatic carbocycles. The molecule has 0 heterocycles. The third-order valence-corrected chi connectivity index (χ3v) is 3.97. The summed E-state index contributed by atoms with van der Waals surface area (Å²) < 4.78 is 5.55. The fraction of sp³-hybridized carbons (Fsp3) is 0.176. The van der Waals surface area contributed by atoms with Gasteiger partial charge in [-0.05, 0) is 42.8 Å². The lowest BCUT2D eigenvalue weighted by Gasteiger charge is -2.14. The van der Waals surface area contributed by atoms with E-state index in [0.717, 1.165) is 5.56 Å². The molecule has 24 heavy (non-hydrogen) atoms. The molecule has 2 N–H and O–H groups in total. The van der Waals surface area contributed by atoms with E-state index >= 15 is 0 Å². The van der Waals surface area contributed by atoms with E-state index in [-0.39, 0.29) is 17.4 Å². The number of amides is 1. The Morgan fingerprint density at radius 2 is 2.04 bits per heavy atom. The number of phenols is 1. The second-order valence-corrected chi connectivity index (χ2v) is 6.43. The van der Waals surface area contributed by atoms with Crippen molar-refractivity contribution in [3.63, 3.8) is 0 Å². The summed E-state index contributed by atoms with van der Waals surface area (Å²) in [4.78, 5) is 23.8. The van der Waals surface area contributed by atoms with Crippen molar-refractivity contribution in [3.05, 3.63) is 63.1 Å². The Kier molecular flexibility index (Phi) is 6.23. The van der Waals surface area contributed by atoms with Gasteiger partial charge in [-0.15, -0.1) is 0 Å². The zero-order valence-electron chi connectivity index (χ0n) is 12.8. The van der Waals surface area contributed by atoms with Gasteiger partial charge in [0.2, 0.25) is 0 Å². The normalized spacial score (nSPS) is 11.6. The minimum Gasteiger partial charge on any atom is -0.507 e. The molecular formula is C17H15BrClNO4. The third-order valence-electron chi connectivity index (χ3n) is 3.24. The molecular weight excluding hydrogens is 398 g/mol. The van der Waals surface area contributed by atoms with Crippen LogP contribution in [0.2, 0.25) is 5.02 Å². The van der Waals surface area contributed by atoms with Crippen LogP contribution in [-0.4, -0.2) is 23.6 Å². The van der Waals surface area contributed by atoms with Gasteiger partial charge in [0.15, 0.2) is 6.61 Å². The van der Waals surface area contributed by atoms with E-state index in [1.807, 2.05) is 6.07 Å². The Balaban J connectivity index is 1.91. The van der Waals surface area contributed by atoms with Crippen molar-refractivity contribution >= 4 is 39.4 Å². The van der Waals surface area contributed by atoms with Gasteiger partial charge in [0, 0.05) is 9.50 Å². The first-order valence-corrected chi connectivity index (χ1v) is 8.24. The number of esters is 1. The number of rotatable bonds is 5. The van der Waals surface area contributed by atoms with E-state index in [0.29, 0.717) is 9.50 Å². The Hall–Kier alpha value is -2.05. The molecule has 2 aromatic rings. The van der Waals surface area contributed by atoms with Crippen LogP contribution >= 0.6 is 27.5 Å². The lowest BCUT2D eigenvalue weighted by molar-refractivity contribution is -0.124. The number of phenolic OH excluding ortho intramolecular Hbond substituents is 1. The molecule has 0 saturated carbocycles. The molecule has 0 aromatic heterocycles. The van der Waals surface area contributed by atoms with E-state index in [1.54, 1.807) is 31.2 Å². The molecule has 1 atom stereocenters. The summed E-state index contributed by atoms with van der Waals surface area (Å²) in [6, 6.07) is 11.2. The predicted molar refractivity (Wildman–Crippen MR) is 94.1 cm³/mol. The van der Waals surface area contributed by atoms with Crippen LogP contribution in [0.1, 0.15) is 28.9 Å². The van der Waals surface area contributed by atoms with Gasteiger partial charge in [-0.25, -0.2) is 4.79 Å². The van der Waals surface area contributed by atoms with Crippen LogP contribution in [0, 0.1) is 0 Å². The van der Waals surface area contributed by atoms with Crippen LogP contribution in [-0.2, 0) is 9.53 Å². The summed E-state index contributed by atoms with van der Waals surface area (Å²) in [5.41, 5.74) is 0.826. The van der Waals surface area contributed by atoms with Crippen molar-refractivity contribution in [2.45, 2.75) is 13.0 Å². The quantitative estimate of drug-likeness (QED) is 0.732. The fourth-order valence-corrected chi connectivity index (χ4v) is 2.58. The van der Waals surface area contributed by atoms with Gasteiger partial charge < -0.3 is 15.2 Å². The lowest BCUT2D eigenvalue weighted by Crippen LogP contribution is -2.31. The first-order chi connectivity index (χ1) is 11.4. The topological polar surface area (TPSA) is 75.6 Å². The van der Waals surface area contributed by atoms with Crippen molar-refractivity contribution in [2.24, 2.45) is 0 Å². The number of nitrogens with one attached hydrogen (secondary N) is 1. The smallest absolute Gasteiger partial charge is 0.342 e. The van der Waals surface area contributed by atoms with Crippen LogP contribution in [0.15, 0.2) is 46.9 Å². The molecule has 0 aliphatic rings. The Morgan fingerprint density at radius 3 is 2.75 bits per heavy atom. The maximum absolute atomic E-state index is 11.9. The maximum atomic E-state index is 11.9. The van der Waals surface area contributed by atoms with E-state index in [9.17, 15) is 14.7 Å². The highest BCUT2D eigenvalue weighted by Gasteiger charge is 2.16. The maximum Gasteiger partial charge on any atom is 0.342 e. The van der Waals surface area contributed by atoms with Gasteiger partial charge >= 0.3 is 5.97 Å². The van der Waals surface area contributed by atoms with E-state index in [1.165, 1.54) is 12.1 Å². The Labute approximate surface area is 152 Å². The Bertz CT molecular complexity index is 766. The summed E-state index contributed by atoms with van der Waals surface area (Å²) in [6.07, 6.45) is 0. The van der Waals surface area contributed by atoms with Gasteiger partial charge in [0.05, 0.1) is 6.04 Å². The summed E-state index contributed by atoms with van der Waals surface area (Å²) in [5, 5.41) is 12.9. The van der Waals surface area contributed by atoms with E-state index in [2.05, 4.69) is 21.2 Å². The second-order valence-electron chi connectivity index (χ2n) is 5.08. The number of aromatic hydroxyl groups is 1. The molecule has 2 rings (SSSR count). The minimum absolute atomic E-state index is 0.0138. The number of benzene rings is 2. The predicted octanol–water partition coefficient (Wildman–Crippen LogP) is 3.84. The highest BCUT2D eigenvalue weighted by molar-refractivity contribution is 9.10. The molecule has 0 fully saturated rings. The van der Waals surface area contributed by atoms with Gasteiger partial charge in [-0.3, -0.25) is 4.79 Å². The molecule has 0 saturated heterocycles. The minimum atomic E-state index is -0.778.